The third-order valence-corrected chi connectivity index (χ3v) is 3.68. The summed E-state index contributed by atoms with van der Waals surface area (Å²) in [6.07, 6.45) is 2.50. The van der Waals surface area contributed by atoms with Crippen LogP contribution >= 0.6 is 0 Å². The fourth-order valence-corrected chi connectivity index (χ4v) is 2.89. The van der Waals surface area contributed by atoms with Crippen LogP contribution in [-0.2, 0) is 16.6 Å². The zero-order chi connectivity index (χ0) is 10.5. The lowest BCUT2D eigenvalue weighted by atomic mass is 9.80. The SMILES string of the molecule is O=C1NCCC12CCc1cc(F)ccc12. The smallest absolute Gasteiger partial charge is 0.230 e. The molecule has 1 unspecified atom stereocenters. The highest BCUT2D eigenvalue weighted by Crippen LogP contribution is 2.43. The number of aryl methyl sites for hydroxylation is 1. The van der Waals surface area contributed by atoms with Crippen molar-refractivity contribution in [3.8, 4) is 0 Å². The molecule has 1 N–H and O–H groups in total. The number of fused-ring (bicyclic) bond motifs is 2. The second-order valence-corrected chi connectivity index (χ2v) is 4.39. The van der Waals surface area contributed by atoms with Crippen molar-refractivity contribution in [3.63, 3.8) is 0 Å². The van der Waals surface area contributed by atoms with E-state index in [1.54, 1.807) is 12.1 Å². The van der Waals surface area contributed by atoms with E-state index in [4.69, 9.17) is 0 Å². The maximum Gasteiger partial charge on any atom is 0.230 e. The Kier molecular flexibility index (Phi) is 1.67. The van der Waals surface area contributed by atoms with Gasteiger partial charge in [0.1, 0.15) is 5.82 Å². The summed E-state index contributed by atoms with van der Waals surface area (Å²) in [4.78, 5) is 11.8. The molecule has 0 bridgehead atoms. The van der Waals surface area contributed by atoms with Gasteiger partial charge in [-0.2, -0.15) is 0 Å². The average Bonchev–Trinajstić information content (AvgIpc) is 2.75. The normalized spacial score (nSPS) is 28.2. The molecule has 1 aromatic carbocycles. The van der Waals surface area contributed by atoms with Crippen LogP contribution in [-0.4, -0.2) is 12.5 Å². The molecule has 1 saturated heterocycles. The Morgan fingerprint density at radius 1 is 1.33 bits per heavy atom. The van der Waals surface area contributed by atoms with Crippen LogP contribution in [0, 0.1) is 5.82 Å². The van der Waals surface area contributed by atoms with E-state index in [-0.39, 0.29) is 17.1 Å². The second-order valence-electron chi connectivity index (χ2n) is 4.39. The molecular weight excluding hydrogens is 193 g/mol. The maximum atomic E-state index is 13.0. The number of rotatable bonds is 0. The fraction of sp³-hybridized carbons (Fsp3) is 0.417. The van der Waals surface area contributed by atoms with Gasteiger partial charge in [-0.05, 0) is 42.5 Å². The van der Waals surface area contributed by atoms with Crippen molar-refractivity contribution in [2.45, 2.75) is 24.7 Å². The first-order valence-electron chi connectivity index (χ1n) is 5.30. The summed E-state index contributed by atoms with van der Waals surface area (Å²) < 4.78 is 13.0. The van der Waals surface area contributed by atoms with Gasteiger partial charge in [0.05, 0.1) is 5.41 Å². The van der Waals surface area contributed by atoms with Crippen molar-refractivity contribution in [1.29, 1.82) is 0 Å². The van der Waals surface area contributed by atoms with Crippen LogP contribution in [0.15, 0.2) is 18.2 Å². The summed E-state index contributed by atoms with van der Waals surface area (Å²) in [6.45, 7) is 0.746. The molecule has 3 heteroatoms. The number of carbonyl (C=O) groups excluding carboxylic acids is 1. The fourth-order valence-electron chi connectivity index (χ4n) is 2.89. The van der Waals surface area contributed by atoms with E-state index in [0.717, 1.165) is 36.9 Å². The second kappa shape index (κ2) is 2.81. The minimum Gasteiger partial charge on any atom is -0.355 e. The topological polar surface area (TPSA) is 29.1 Å². The average molecular weight is 205 g/mol. The molecule has 1 atom stereocenters. The van der Waals surface area contributed by atoms with Crippen molar-refractivity contribution >= 4 is 5.91 Å². The summed E-state index contributed by atoms with van der Waals surface area (Å²) in [6, 6.07) is 4.80. The van der Waals surface area contributed by atoms with Gasteiger partial charge in [0, 0.05) is 6.54 Å². The van der Waals surface area contributed by atoms with E-state index < -0.39 is 0 Å². The van der Waals surface area contributed by atoms with Crippen LogP contribution in [0.3, 0.4) is 0 Å². The highest BCUT2D eigenvalue weighted by molar-refractivity contribution is 5.91. The third kappa shape index (κ3) is 1.06. The zero-order valence-electron chi connectivity index (χ0n) is 8.35. The van der Waals surface area contributed by atoms with Gasteiger partial charge in [0.15, 0.2) is 0 Å². The van der Waals surface area contributed by atoms with E-state index in [2.05, 4.69) is 5.32 Å². The quantitative estimate of drug-likeness (QED) is 0.683. The predicted octanol–water partition coefficient (Wildman–Crippen LogP) is 1.53. The first kappa shape index (κ1) is 8.89. The summed E-state index contributed by atoms with van der Waals surface area (Å²) >= 11 is 0. The van der Waals surface area contributed by atoms with Gasteiger partial charge in [-0.15, -0.1) is 0 Å². The molecule has 2 aliphatic rings. The van der Waals surface area contributed by atoms with Gasteiger partial charge in [0.25, 0.3) is 0 Å². The Morgan fingerprint density at radius 3 is 2.93 bits per heavy atom. The molecule has 1 aliphatic heterocycles. The van der Waals surface area contributed by atoms with Crippen molar-refractivity contribution < 1.29 is 9.18 Å². The van der Waals surface area contributed by atoms with Gasteiger partial charge < -0.3 is 5.32 Å². The van der Waals surface area contributed by atoms with Crippen molar-refractivity contribution in [1.82, 2.24) is 5.32 Å². The van der Waals surface area contributed by atoms with Gasteiger partial charge in [-0.1, -0.05) is 6.07 Å². The predicted molar refractivity (Wildman–Crippen MR) is 54.0 cm³/mol. The highest BCUT2D eigenvalue weighted by atomic mass is 19.1. The molecule has 2 nitrogen and oxygen atoms in total. The first-order valence-corrected chi connectivity index (χ1v) is 5.30. The van der Waals surface area contributed by atoms with E-state index in [1.807, 2.05) is 0 Å². The minimum absolute atomic E-state index is 0.118. The van der Waals surface area contributed by atoms with E-state index in [1.165, 1.54) is 6.07 Å². The minimum atomic E-state index is -0.344. The molecule has 1 amide bonds. The monoisotopic (exact) mass is 205 g/mol. The number of carbonyl (C=O) groups is 1. The molecule has 0 aromatic heterocycles. The van der Waals surface area contributed by atoms with Gasteiger partial charge >= 0.3 is 0 Å². The summed E-state index contributed by atoms with van der Waals surface area (Å²) in [5.41, 5.74) is 1.70. The van der Waals surface area contributed by atoms with Gasteiger partial charge in [-0.3, -0.25) is 4.79 Å². The molecule has 0 radical (unpaired) electrons. The van der Waals surface area contributed by atoms with Crippen LogP contribution in [0.5, 0.6) is 0 Å². The Labute approximate surface area is 87.5 Å². The van der Waals surface area contributed by atoms with E-state index in [9.17, 15) is 9.18 Å². The Morgan fingerprint density at radius 2 is 2.20 bits per heavy atom. The number of halogens is 1. The number of hydrogen-bond donors (Lipinski definition) is 1. The standard InChI is InChI=1S/C12H12FNO/c13-9-1-2-10-8(7-9)3-4-12(10)5-6-14-11(12)15/h1-2,7H,3-6H2,(H,14,15). The summed E-state index contributed by atoms with van der Waals surface area (Å²) in [5, 5.41) is 2.88. The van der Waals surface area contributed by atoms with Crippen LogP contribution in [0.1, 0.15) is 24.0 Å². The van der Waals surface area contributed by atoms with Crippen LogP contribution in [0.2, 0.25) is 0 Å². The van der Waals surface area contributed by atoms with Crippen molar-refractivity contribution in [2.24, 2.45) is 0 Å². The van der Waals surface area contributed by atoms with Gasteiger partial charge in [-0.25, -0.2) is 4.39 Å². The largest absolute Gasteiger partial charge is 0.355 e. The Balaban J connectivity index is 2.15. The lowest BCUT2D eigenvalue weighted by Gasteiger charge is -2.20. The molecule has 1 aliphatic carbocycles. The van der Waals surface area contributed by atoms with Crippen LogP contribution < -0.4 is 5.32 Å². The first-order chi connectivity index (χ1) is 7.22. The molecule has 0 saturated carbocycles. The van der Waals surface area contributed by atoms with Gasteiger partial charge in [0.2, 0.25) is 5.91 Å². The third-order valence-electron chi connectivity index (χ3n) is 3.68. The van der Waals surface area contributed by atoms with Crippen LogP contribution in [0.4, 0.5) is 4.39 Å². The molecule has 78 valence electrons. The maximum absolute atomic E-state index is 13.0. The molecule has 3 rings (SSSR count). The van der Waals surface area contributed by atoms with E-state index >= 15 is 0 Å². The molecule has 1 heterocycles. The van der Waals surface area contributed by atoms with Crippen molar-refractivity contribution in [2.75, 3.05) is 6.54 Å². The molecule has 15 heavy (non-hydrogen) atoms. The number of nitrogens with one attached hydrogen (secondary N) is 1. The van der Waals surface area contributed by atoms with Crippen LogP contribution in [0.25, 0.3) is 0 Å². The molecule has 1 spiro atoms. The lowest BCUT2D eigenvalue weighted by Crippen LogP contribution is -2.33. The molecule has 1 fully saturated rings. The number of hydrogen-bond acceptors (Lipinski definition) is 1. The summed E-state index contributed by atoms with van der Waals surface area (Å²) in [5.74, 6) is -0.0861. The Bertz CT molecular complexity index is 443. The summed E-state index contributed by atoms with van der Waals surface area (Å²) in [7, 11) is 0. The number of amides is 1. The molecule has 1 aromatic rings. The Hall–Kier alpha value is -1.38. The highest BCUT2D eigenvalue weighted by Gasteiger charge is 2.47. The van der Waals surface area contributed by atoms with E-state index in [0.29, 0.717) is 0 Å². The number of benzene rings is 1. The lowest BCUT2D eigenvalue weighted by molar-refractivity contribution is -0.123. The zero-order valence-corrected chi connectivity index (χ0v) is 8.35. The van der Waals surface area contributed by atoms with Crippen molar-refractivity contribution in [3.05, 3.63) is 35.1 Å². The molecular formula is C12H12FNO.